The van der Waals surface area contributed by atoms with Crippen LogP contribution in [0.25, 0.3) is 27.9 Å². The Morgan fingerprint density at radius 1 is 1.00 bits per heavy atom. The Morgan fingerprint density at radius 2 is 1.74 bits per heavy atom. The van der Waals surface area contributed by atoms with Gasteiger partial charge in [0, 0.05) is 23.3 Å². The lowest BCUT2D eigenvalue weighted by molar-refractivity contribution is 0.483. The quantitative estimate of drug-likeness (QED) is 0.408. The average molecular weight is 435 g/mol. The highest BCUT2D eigenvalue weighted by Gasteiger charge is 2.11. The smallest absolute Gasteiger partial charge is 0.305 e. The van der Waals surface area contributed by atoms with E-state index < -0.39 is 10.1 Å². The third kappa shape index (κ3) is 4.34. The molecule has 0 unspecified atom stereocenters. The molecular weight excluding hydrogens is 418 g/mol. The molecule has 31 heavy (non-hydrogen) atoms. The summed E-state index contributed by atoms with van der Waals surface area (Å²) in [6.45, 7) is 1.84. The second kappa shape index (κ2) is 8.09. The molecule has 156 valence electrons. The number of benzene rings is 2. The lowest BCUT2D eigenvalue weighted by atomic mass is 10.2. The molecule has 0 radical (unpaired) electrons. The van der Waals surface area contributed by atoms with Gasteiger partial charge >= 0.3 is 5.69 Å². The first-order valence-electron chi connectivity index (χ1n) is 9.15. The highest BCUT2D eigenvalue weighted by Crippen LogP contribution is 2.18. The molecule has 2 aromatic carbocycles. The van der Waals surface area contributed by atoms with Crippen molar-refractivity contribution in [1.29, 1.82) is 0 Å². The number of nitrogens with one attached hydrogen (secondary N) is 1. The van der Waals surface area contributed by atoms with Crippen LogP contribution in [0.1, 0.15) is 5.56 Å². The Hall–Kier alpha value is -3.89. The molecule has 0 fully saturated rings. The zero-order valence-corrected chi connectivity index (χ0v) is 17.1. The first kappa shape index (κ1) is 20.4. The minimum absolute atomic E-state index is 0.0666. The van der Waals surface area contributed by atoms with Gasteiger partial charge in [-0.15, -0.1) is 5.10 Å². The van der Waals surface area contributed by atoms with Crippen LogP contribution < -0.4 is 5.69 Å². The zero-order chi connectivity index (χ0) is 22.0. The molecule has 0 bridgehead atoms. The molecule has 0 atom stereocenters. The SMILES string of the molecule is Cc1ccc(S(=O)(=O)O)cc1.O=c1[nH]c2ccccc2c2nc(-c3cccnc3)nn12. The fourth-order valence-corrected chi connectivity index (χ4v) is 3.39. The summed E-state index contributed by atoms with van der Waals surface area (Å²) in [5, 5.41) is 5.11. The van der Waals surface area contributed by atoms with Crippen molar-refractivity contribution in [1.82, 2.24) is 24.6 Å². The minimum Gasteiger partial charge on any atom is -0.305 e. The second-order valence-corrected chi connectivity index (χ2v) is 8.10. The van der Waals surface area contributed by atoms with Crippen LogP contribution in [0.5, 0.6) is 0 Å². The standard InChI is InChI=1S/C14H9N5O.C7H8O3S/c20-14-16-11-6-2-1-5-10(11)13-17-12(18-19(13)14)9-4-3-7-15-8-9;1-6-2-4-7(5-3-6)11(8,9)10/h1-8H,(H,16,20);2-5H,1H3,(H,8,9,10). The van der Waals surface area contributed by atoms with E-state index in [0.29, 0.717) is 11.5 Å². The summed E-state index contributed by atoms with van der Waals surface area (Å²) in [7, 11) is -4.02. The molecule has 5 aromatic rings. The van der Waals surface area contributed by atoms with Crippen LogP contribution in [0.4, 0.5) is 0 Å². The van der Waals surface area contributed by atoms with Crippen LogP contribution >= 0.6 is 0 Å². The number of aryl methyl sites for hydroxylation is 1. The highest BCUT2D eigenvalue weighted by atomic mass is 32.2. The predicted octanol–water partition coefficient (Wildman–Crippen LogP) is 2.87. The van der Waals surface area contributed by atoms with Crippen LogP contribution in [0.15, 0.2) is 82.7 Å². The number of rotatable bonds is 2. The maximum atomic E-state index is 12.0. The summed E-state index contributed by atoms with van der Waals surface area (Å²) in [6.07, 6.45) is 3.35. The van der Waals surface area contributed by atoms with Crippen LogP contribution in [0.2, 0.25) is 0 Å². The van der Waals surface area contributed by atoms with Crippen molar-refractivity contribution >= 4 is 26.7 Å². The highest BCUT2D eigenvalue weighted by molar-refractivity contribution is 7.85. The van der Waals surface area contributed by atoms with Crippen LogP contribution in [-0.2, 0) is 10.1 Å². The molecular formula is C21H17N5O4S. The third-order valence-electron chi connectivity index (χ3n) is 4.45. The van der Waals surface area contributed by atoms with Gasteiger partial charge < -0.3 is 4.98 Å². The molecule has 0 saturated carbocycles. The fraction of sp³-hybridized carbons (Fsp3) is 0.0476. The maximum absolute atomic E-state index is 12.0. The van der Waals surface area contributed by atoms with E-state index in [1.807, 2.05) is 43.3 Å². The van der Waals surface area contributed by atoms with Gasteiger partial charge in [0.05, 0.1) is 10.4 Å². The summed E-state index contributed by atoms with van der Waals surface area (Å²) in [6, 6.07) is 17.2. The number of fused-ring (bicyclic) bond motifs is 3. The van der Waals surface area contributed by atoms with Crippen molar-refractivity contribution < 1.29 is 13.0 Å². The average Bonchev–Trinajstić information content (AvgIpc) is 3.21. The number of H-pyrrole nitrogens is 1. The molecule has 9 nitrogen and oxygen atoms in total. The van der Waals surface area contributed by atoms with Gasteiger partial charge in [-0.1, -0.05) is 29.8 Å². The van der Waals surface area contributed by atoms with Gasteiger partial charge in [0.25, 0.3) is 10.1 Å². The van der Waals surface area contributed by atoms with Crippen LogP contribution in [0.3, 0.4) is 0 Å². The molecule has 0 aliphatic rings. The molecule has 0 aliphatic carbocycles. The van der Waals surface area contributed by atoms with Gasteiger partial charge in [0.2, 0.25) is 0 Å². The largest absolute Gasteiger partial charge is 0.348 e. The molecule has 0 amide bonds. The summed E-state index contributed by atoms with van der Waals surface area (Å²) >= 11 is 0. The second-order valence-electron chi connectivity index (χ2n) is 6.68. The van der Waals surface area contributed by atoms with Gasteiger partial charge in [-0.05, 0) is 43.3 Å². The Balaban J connectivity index is 0.000000180. The van der Waals surface area contributed by atoms with Crippen molar-refractivity contribution in [3.05, 3.63) is 89.1 Å². The molecule has 5 rings (SSSR count). The number of aromatic amines is 1. The normalized spacial score (nSPS) is 11.3. The Labute approximate surface area is 176 Å². The number of aromatic nitrogens is 5. The molecule has 3 heterocycles. The molecule has 2 N–H and O–H groups in total. The first-order valence-corrected chi connectivity index (χ1v) is 10.6. The van der Waals surface area contributed by atoms with Crippen molar-refractivity contribution in [2.45, 2.75) is 11.8 Å². The van der Waals surface area contributed by atoms with E-state index in [0.717, 1.165) is 22.0 Å². The van der Waals surface area contributed by atoms with Crippen LogP contribution in [-0.4, -0.2) is 37.5 Å². The van der Waals surface area contributed by atoms with Crippen molar-refractivity contribution in [3.8, 4) is 11.4 Å². The van der Waals surface area contributed by atoms with Crippen molar-refractivity contribution in [3.63, 3.8) is 0 Å². The van der Waals surface area contributed by atoms with E-state index in [1.54, 1.807) is 24.5 Å². The van der Waals surface area contributed by atoms with Crippen LogP contribution in [0, 0.1) is 6.92 Å². The minimum atomic E-state index is -4.02. The molecule has 0 saturated heterocycles. The van der Waals surface area contributed by atoms with E-state index in [-0.39, 0.29) is 10.6 Å². The van der Waals surface area contributed by atoms with E-state index in [9.17, 15) is 13.2 Å². The summed E-state index contributed by atoms with van der Waals surface area (Å²) in [5.74, 6) is 0.486. The maximum Gasteiger partial charge on any atom is 0.348 e. The summed E-state index contributed by atoms with van der Waals surface area (Å²) in [5.41, 5.74) is 2.72. The molecule has 3 aromatic heterocycles. The number of hydrogen-bond donors (Lipinski definition) is 2. The summed E-state index contributed by atoms with van der Waals surface area (Å²) in [4.78, 5) is 23.3. The van der Waals surface area contributed by atoms with E-state index >= 15 is 0 Å². The van der Waals surface area contributed by atoms with Gasteiger partial charge in [-0.25, -0.2) is 9.78 Å². The number of para-hydroxylation sites is 1. The molecule has 0 aliphatic heterocycles. The summed E-state index contributed by atoms with van der Waals surface area (Å²) < 4.78 is 30.8. The van der Waals surface area contributed by atoms with Crippen molar-refractivity contribution in [2.24, 2.45) is 0 Å². The fourth-order valence-electron chi connectivity index (χ4n) is 2.91. The Morgan fingerprint density at radius 3 is 2.42 bits per heavy atom. The lowest BCUT2D eigenvalue weighted by Crippen LogP contribution is -2.17. The predicted molar refractivity (Wildman–Crippen MR) is 115 cm³/mol. The molecule has 0 spiro atoms. The zero-order valence-electron chi connectivity index (χ0n) is 16.3. The Kier molecular flexibility index (Phi) is 5.32. The number of pyridine rings is 1. The first-order chi connectivity index (χ1) is 14.8. The van der Waals surface area contributed by atoms with Gasteiger partial charge in [-0.3, -0.25) is 9.54 Å². The Bertz CT molecular complexity index is 1530. The van der Waals surface area contributed by atoms with Gasteiger partial charge in [-0.2, -0.15) is 12.9 Å². The third-order valence-corrected chi connectivity index (χ3v) is 5.32. The van der Waals surface area contributed by atoms with E-state index in [1.165, 1.54) is 16.6 Å². The number of hydrogen-bond acceptors (Lipinski definition) is 6. The monoisotopic (exact) mass is 435 g/mol. The van der Waals surface area contributed by atoms with Gasteiger partial charge in [0.1, 0.15) is 0 Å². The number of nitrogens with zero attached hydrogens (tertiary/aromatic N) is 4. The molecule has 10 heteroatoms. The van der Waals surface area contributed by atoms with Crippen molar-refractivity contribution in [2.75, 3.05) is 0 Å². The topological polar surface area (TPSA) is 130 Å². The lowest BCUT2D eigenvalue weighted by Gasteiger charge is -1.97. The van der Waals surface area contributed by atoms with Gasteiger partial charge in [0.15, 0.2) is 11.5 Å². The van der Waals surface area contributed by atoms with E-state index in [2.05, 4.69) is 20.1 Å². The van der Waals surface area contributed by atoms with E-state index in [4.69, 9.17) is 4.55 Å².